The number of rotatable bonds is 1. The SMILES string of the molecule is CC1CC(N)CN(C2c3ccccc3OCC2C)C1. The van der Waals surface area contributed by atoms with Crippen LogP contribution in [0.15, 0.2) is 24.3 Å². The molecule has 2 heterocycles. The van der Waals surface area contributed by atoms with Crippen LogP contribution in [-0.2, 0) is 0 Å². The number of para-hydroxylation sites is 1. The Hall–Kier alpha value is -1.06. The highest BCUT2D eigenvalue weighted by atomic mass is 16.5. The summed E-state index contributed by atoms with van der Waals surface area (Å²) in [5.74, 6) is 2.26. The molecular weight excluding hydrogens is 236 g/mol. The molecule has 0 aliphatic carbocycles. The average molecular weight is 260 g/mol. The standard InChI is InChI=1S/C16H24N2O/c1-11-7-13(17)9-18(8-11)16-12(2)10-19-15-6-4-3-5-14(15)16/h3-6,11-13,16H,7-10,17H2,1-2H3. The van der Waals surface area contributed by atoms with E-state index in [4.69, 9.17) is 10.5 Å². The van der Waals surface area contributed by atoms with Crippen LogP contribution in [0.4, 0.5) is 0 Å². The van der Waals surface area contributed by atoms with Crippen molar-refractivity contribution in [3.05, 3.63) is 29.8 Å². The number of likely N-dealkylation sites (tertiary alicyclic amines) is 1. The minimum absolute atomic E-state index is 0.311. The molecule has 1 fully saturated rings. The molecule has 2 aliphatic heterocycles. The summed E-state index contributed by atoms with van der Waals surface area (Å²) in [6.45, 7) is 7.56. The van der Waals surface area contributed by atoms with E-state index in [9.17, 15) is 0 Å². The van der Waals surface area contributed by atoms with Gasteiger partial charge in [-0.25, -0.2) is 0 Å². The topological polar surface area (TPSA) is 38.5 Å². The molecule has 0 amide bonds. The third kappa shape index (κ3) is 2.49. The molecule has 4 atom stereocenters. The molecule has 0 spiro atoms. The quantitative estimate of drug-likeness (QED) is 0.843. The zero-order valence-electron chi connectivity index (χ0n) is 11.9. The van der Waals surface area contributed by atoms with Gasteiger partial charge in [0.2, 0.25) is 0 Å². The van der Waals surface area contributed by atoms with Crippen LogP contribution in [-0.4, -0.2) is 30.6 Å². The smallest absolute Gasteiger partial charge is 0.124 e. The molecule has 3 rings (SSSR count). The number of nitrogens with zero attached hydrogens (tertiary/aromatic N) is 1. The van der Waals surface area contributed by atoms with Gasteiger partial charge in [0, 0.05) is 36.7 Å². The maximum Gasteiger partial charge on any atom is 0.124 e. The number of ether oxygens (including phenoxy) is 1. The van der Waals surface area contributed by atoms with Crippen LogP contribution in [0.1, 0.15) is 31.9 Å². The summed E-state index contributed by atoms with van der Waals surface area (Å²) >= 11 is 0. The lowest BCUT2D eigenvalue weighted by Crippen LogP contribution is -2.50. The molecule has 0 radical (unpaired) electrons. The molecule has 2 aliphatic rings. The summed E-state index contributed by atoms with van der Waals surface area (Å²) in [7, 11) is 0. The second-order valence-electron chi connectivity index (χ2n) is 6.33. The van der Waals surface area contributed by atoms with Crippen LogP contribution in [0.25, 0.3) is 0 Å². The highest BCUT2D eigenvalue weighted by Gasteiger charge is 2.35. The lowest BCUT2D eigenvalue weighted by Gasteiger charge is -2.44. The fourth-order valence-electron chi connectivity index (χ4n) is 3.70. The van der Waals surface area contributed by atoms with E-state index in [1.165, 1.54) is 5.56 Å². The third-order valence-corrected chi connectivity index (χ3v) is 4.39. The Balaban J connectivity index is 1.90. The minimum Gasteiger partial charge on any atom is -0.493 e. The van der Waals surface area contributed by atoms with Gasteiger partial charge in [-0.15, -0.1) is 0 Å². The van der Waals surface area contributed by atoms with E-state index in [2.05, 4.69) is 43.0 Å². The van der Waals surface area contributed by atoms with Gasteiger partial charge < -0.3 is 10.5 Å². The van der Waals surface area contributed by atoms with Gasteiger partial charge >= 0.3 is 0 Å². The molecule has 1 saturated heterocycles. The number of hydrogen-bond acceptors (Lipinski definition) is 3. The number of piperidine rings is 1. The monoisotopic (exact) mass is 260 g/mol. The fraction of sp³-hybridized carbons (Fsp3) is 0.625. The van der Waals surface area contributed by atoms with Crippen molar-refractivity contribution in [2.24, 2.45) is 17.6 Å². The Labute approximate surface area is 115 Å². The second kappa shape index (κ2) is 5.14. The van der Waals surface area contributed by atoms with Crippen molar-refractivity contribution >= 4 is 0 Å². The van der Waals surface area contributed by atoms with Gasteiger partial charge in [0.1, 0.15) is 5.75 Å². The summed E-state index contributed by atoms with van der Waals surface area (Å²) in [6, 6.07) is 9.23. The average Bonchev–Trinajstić information content (AvgIpc) is 2.37. The van der Waals surface area contributed by atoms with Crippen LogP contribution in [0, 0.1) is 11.8 Å². The van der Waals surface area contributed by atoms with Crippen molar-refractivity contribution in [3.8, 4) is 5.75 Å². The van der Waals surface area contributed by atoms with Crippen LogP contribution in [0.2, 0.25) is 0 Å². The van der Waals surface area contributed by atoms with Crippen molar-refractivity contribution in [2.75, 3.05) is 19.7 Å². The molecule has 0 saturated carbocycles. The van der Waals surface area contributed by atoms with E-state index in [1.54, 1.807) is 0 Å². The molecule has 3 heteroatoms. The van der Waals surface area contributed by atoms with Crippen LogP contribution in [0.3, 0.4) is 0 Å². The first-order valence-corrected chi connectivity index (χ1v) is 7.36. The van der Waals surface area contributed by atoms with E-state index in [0.717, 1.165) is 31.9 Å². The summed E-state index contributed by atoms with van der Waals surface area (Å²) in [6.07, 6.45) is 1.15. The van der Waals surface area contributed by atoms with E-state index >= 15 is 0 Å². The van der Waals surface area contributed by atoms with E-state index in [0.29, 0.717) is 23.9 Å². The molecule has 2 N–H and O–H groups in total. The van der Waals surface area contributed by atoms with E-state index in [-0.39, 0.29) is 0 Å². The first-order valence-electron chi connectivity index (χ1n) is 7.36. The fourth-order valence-corrected chi connectivity index (χ4v) is 3.70. The largest absolute Gasteiger partial charge is 0.493 e. The summed E-state index contributed by atoms with van der Waals surface area (Å²) < 4.78 is 5.85. The summed E-state index contributed by atoms with van der Waals surface area (Å²) in [4.78, 5) is 2.57. The zero-order valence-corrected chi connectivity index (χ0v) is 11.9. The molecule has 19 heavy (non-hydrogen) atoms. The molecule has 104 valence electrons. The van der Waals surface area contributed by atoms with Crippen LogP contribution in [0.5, 0.6) is 5.75 Å². The highest BCUT2D eigenvalue weighted by molar-refractivity contribution is 5.38. The van der Waals surface area contributed by atoms with Crippen molar-refractivity contribution < 1.29 is 4.74 Å². The molecule has 0 aromatic heterocycles. The number of benzene rings is 1. The van der Waals surface area contributed by atoms with Gasteiger partial charge in [-0.05, 0) is 18.4 Å². The zero-order chi connectivity index (χ0) is 13.4. The molecule has 0 bridgehead atoms. The number of nitrogens with two attached hydrogens (primary N) is 1. The Kier molecular flexibility index (Phi) is 3.50. The van der Waals surface area contributed by atoms with Crippen molar-refractivity contribution in [3.63, 3.8) is 0 Å². The summed E-state index contributed by atoms with van der Waals surface area (Å²) in [5, 5.41) is 0. The van der Waals surface area contributed by atoms with Crippen molar-refractivity contribution in [1.29, 1.82) is 0 Å². The first kappa shape index (κ1) is 12.9. The van der Waals surface area contributed by atoms with Crippen molar-refractivity contribution in [2.45, 2.75) is 32.4 Å². The van der Waals surface area contributed by atoms with Crippen LogP contribution >= 0.6 is 0 Å². The Morgan fingerprint density at radius 2 is 2.00 bits per heavy atom. The van der Waals surface area contributed by atoms with E-state index in [1.807, 2.05) is 0 Å². The van der Waals surface area contributed by atoms with E-state index < -0.39 is 0 Å². The van der Waals surface area contributed by atoms with Gasteiger partial charge in [0.15, 0.2) is 0 Å². The van der Waals surface area contributed by atoms with Gasteiger partial charge in [-0.2, -0.15) is 0 Å². The minimum atomic E-state index is 0.311. The van der Waals surface area contributed by atoms with Crippen molar-refractivity contribution in [1.82, 2.24) is 4.90 Å². The maximum absolute atomic E-state index is 6.21. The number of hydrogen-bond donors (Lipinski definition) is 1. The first-order chi connectivity index (χ1) is 9.15. The third-order valence-electron chi connectivity index (χ3n) is 4.39. The molecular formula is C16H24N2O. The molecule has 4 unspecified atom stereocenters. The Bertz CT molecular complexity index is 438. The lowest BCUT2D eigenvalue weighted by molar-refractivity contribution is 0.0511. The Morgan fingerprint density at radius 1 is 1.21 bits per heavy atom. The van der Waals surface area contributed by atoms with Gasteiger partial charge in [-0.1, -0.05) is 32.0 Å². The highest BCUT2D eigenvalue weighted by Crippen LogP contribution is 2.40. The number of fused-ring (bicyclic) bond motifs is 1. The Morgan fingerprint density at radius 3 is 2.79 bits per heavy atom. The maximum atomic E-state index is 6.21. The predicted molar refractivity (Wildman–Crippen MR) is 77.2 cm³/mol. The lowest BCUT2D eigenvalue weighted by atomic mass is 9.87. The molecule has 3 nitrogen and oxygen atoms in total. The van der Waals surface area contributed by atoms with Gasteiger partial charge in [0.25, 0.3) is 0 Å². The van der Waals surface area contributed by atoms with Gasteiger partial charge in [-0.3, -0.25) is 4.90 Å². The van der Waals surface area contributed by atoms with Crippen LogP contribution < -0.4 is 10.5 Å². The second-order valence-corrected chi connectivity index (χ2v) is 6.33. The predicted octanol–water partition coefficient (Wildman–Crippen LogP) is 2.43. The molecule has 1 aromatic carbocycles. The summed E-state index contributed by atoms with van der Waals surface area (Å²) in [5.41, 5.74) is 7.55. The molecule has 1 aromatic rings. The normalized spacial score (nSPS) is 35.5. The van der Waals surface area contributed by atoms with Gasteiger partial charge in [0.05, 0.1) is 6.61 Å².